The van der Waals surface area contributed by atoms with Crippen LogP contribution in [-0.2, 0) is 17.0 Å². The largest absolute Gasteiger partial charge is 0.508 e. The lowest BCUT2D eigenvalue weighted by atomic mass is 10.1. The lowest BCUT2D eigenvalue weighted by molar-refractivity contribution is -0.137. The average molecular weight is 353 g/mol. The van der Waals surface area contributed by atoms with E-state index in [9.17, 15) is 17.4 Å². The molecule has 0 spiro atoms. The van der Waals surface area contributed by atoms with E-state index in [0.29, 0.717) is 0 Å². The number of alkyl halides is 3. The quantitative estimate of drug-likeness (QED) is 0.869. The van der Waals surface area contributed by atoms with Crippen LogP contribution in [0.5, 0.6) is 5.75 Å². The Hall–Kier alpha value is -1.08. The predicted octanol–water partition coefficient (Wildman–Crippen LogP) is 3.80. The summed E-state index contributed by atoms with van der Waals surface area (Å²) in [5, 5.41) is 12.0. The van der Waals surface area contributed by atoms with Crippen molar-refractivity contribution in [1.82, 2.24) is 5.32 Å². The van der Waals surface area contributed by atoms with E-state index in [2.05, 4.69) is 5.32 Å². The number of phenols is 1. The summed E-state index contributed by atoms with van der Waals surface area (Å²) in [7, 11) is -0.589. The van der Waals surface area contributed by atoms with E-state index in [-0.39, 0.29) is 5.75 Å². The summed E-state index contributed by atoms with van der Waals surface area (Å²) in [5.41, 5.74) is -0.754. The Balaban J connectivity index is 0.000000381. The number of halogens is 3. The van der Waals surface area contributed by atoms with Crippen molar-refractivity contribution in [3.05, 3.63) is 29.8 Å². The van der Waals surface area contributed by atoms with Gasteiger partial charge in [0.15, 0.2) is 0 Å². The van der Waals surface area contributed by atoms with Crippen molar-refractivity contribution in [3.8, 4) is 5.75 Å². The summed E-state index contributed by atoms with van der Waals surface area (Å²) in [6.45, 7) is 6.29. The van der Waals surface area contributed by atoms with Crippen molar-refractivity contribution in [2.75, 3.05) is 25.1 Å². The maximum atomic E-state index is 11.8. The number of rotatable bonds is 3. The second-order valence-electron chi connectivity index (χ2n) is 4.97. The van der Waals surface area contributed by atoms with Crippen molar-refractivity contribution in [2.24, 2.45) is 5.92 Å². The Bertz CT molecular complexity index is 444. The third-order valence-corrected chi connectivity index (χ3v) is 3.98. The zero-order valence-electron chi connectivity index (χ0n) is 13.8. The standard InChI is InChI=1S/C7H5F3O.C7H15NOS.C2H6/c8-7(9,10)5-1-3-6(11)4-2-5;1-10(9)5-3-7-2-4-8-6-7;1-2/h1-4,11H;7-8H,2-6H2,1H3;1-2H3. The van der Waals surface area contributed by atoms with Gasteiger partial charge in [0.25, 0.3) is 0 Å². The van der Waals surface area contributed by atoms with Gasteiger partial charge in [0, 0.05) is 22.8 Å². The molecule has 1 aliphatic heterocycles. The van der Waals surface area contributed by atoms with Gasteiger partial charge < -0.3 is 10.4 Å². The molecule has 0 aliphatic carbocycles. The lowest BCUT2D eigenvalue weighted by Gasteiger charge is -2.04. The summed E-state index contributed by atoms with van der Waals surface area (Å²) in [6, 6.07) is 3.66. The van der Waals surface area contributed by atoms with Gasteiger partial charge in [0.05, 0.1) is 5.56 Å². The molecule has 0 saturated carbocycles. The lowest BCUT2D eigenvalue weighted by Crippen LogP contribution is -2.10. The molecular formula is C16H26F3NO2S. The molecule has 0 amide bonds. The first kappa shape index (κ1) is 21.9. The minimum Gasteiger partial charge on any atom is -0.508 e. The SMILES string of the molecule is CC.CS(=O)CCC1CCNC1.Oc1ccc(C(F)(F)F)cc1. The summed E-state index contributed by atoms with van der Waals surface area (Å²) in [4.78, 5) is 0. The van der Waals surface area contributed by atoms with E-state index >= 15 is 0 Å². The van der Waals surface area contributed by atoms with E-state index < -0.39 is 22.5 Å². The molecule has 2 N–H and O–H groups in total. The molecule has 3 nitrogen and oxygen atoms in total. The molecule has 134 valence electrons. The molecule has 7 heteroatoms. The second kappa shape index (κ2) is 11.5. The van der Waals surface area contributed by atoms with Crippen LogP contribution in [0.3, 0.4) is 0 Å². The molecular weight excluding hydrogens is 327 g/mol. The Labute approximate surface area is 138 Å². The van der Waals surface area contributed by atoms with Gasteiger partial charge in [-0.25, -0.2) is 0 Å². The van der Waals surface area contributed by atoms with Gasteiger partial charge in [-0.15, -0.1) is 0 Å². The van der Waals surface area contributed by atoms with Gasteiger partial charge in [0.1, 0.15) is 5.75 Å². The fourth-order valence-electron chi connectivity index (χ4n) is 1.94. The van der Waals surface area contributed by atoms with Gasteiger partial charge in [-0.3, -0.25) is 4.21 Å². The number of nitrogens with one attached hydrogen (secondary N) is 1. The first-order chi connectivity index (χ1) is 10.8. The summed E-state index contributed by atoms with van der Waals surface area (Å²) in [6.07, 6.45) is -0.136. The minimum absolute atomic E-state index is 0.169. The highest BCUT2D eigenvalue weighted by molar-refractivity contribution is 7.84. The van der Waals surface area contributed by atoms with E-state index in [4.69, 9.17) is 5.11 Å². The van der Waals surface area contributed by atoms with Crippen LogP contribution >= 0.6 is 0 Å². The number of aromatic hydroxyl groups is 1. The molecule has 1 aromatic carbocycles. The predicted molar refractivity (Wildman–Crippen MR) is 89.0 cm³/mol. The number of hydrogen-bond donors (Lipinski definition) is 2. The topological polar surface area (TPSA) is 49.3 Å². The Morgan fingerprint density at radius 1 is 1.26 bits per heavy atom. The highest BCUT2D eigenvalue weighted by Crippen LogP contribution is 2.29. The summed E-state index contributed by atoms with van der Waals surface area (Å²) < 4.78 is 46.2. The normalized spacial score (nSPS) is 18.3. The number of phenolic OH excluding ortho intramolecular Hbond substituents is 1. The molecule has 1 aromatic rings. The Kier molecular flexibility index (Phi) is 10.9. The van der Waals surface area contributed by atoms with Crippen molar-refractivity contribution in [3.63, 3.8) is 0 Å². The molecule has 2 atom stereocenters. The Morgan fingerprint density at radius 2 is 1.83 bits per heavy atom. The van der Waals surface area contributed by atoms with Gasteiger partial charge in [-0.2, -0.15) is 13.2 Å². The average Bonchev–Trinajstić information content (AvgIpc) is 3.01. The molecule has 2 unspecified atom stereocenters. The first-order valence-electron chi connectivity index (χ1n) is 7.66. The monoisotopic (exact) mass is 353 g/mol. The molecule has 0 radical (unpaired) electrons. The van der Waals surface area contributed by atoms with Crippen molar-refractivity contribution < 1.29 is 22.5 Å². The van der Waals surface area contributed by atoms with Crippen molar-refractivity contribution in [1.29, 1.82) is 0 Å². The van der Waals surface area contributed by atoms with Gasteiger partial charge in [-0.1, -0.05) is 13.8 Å². The van der Waals surface area contributed by atoms with Crippen LogP contribution in [0.25, 0.3) is 0 Å². The summed E-state index contributed by atoms with van der Waals surface area (Å²) >= 11 is 0. The highest BCUT2D eigenvalue weighted by atomic mass is 32.2. The van der Waals surface area contributed by atoms with E-state index in [0.717, 1.165) is 55.4 Å². The van der Waals surface area contributed by atoms with E-state index in [1.807, 2.05) is 13.8 Å². The maximum absolute atomic E-state index is 11.8. The van der Waals surface area contributed by atoms with Crippen molar-refractivity contribution >= 4 is 10.8 Å². The van der Waals surface area contributed by atoms with Crippen LogP contribution in [0.2, 0.25) is 0 Å². The number of benzene rings is 1. The van der Waals surface area contributed by atoms with Crippen molar-refractivity contribution in [2.45, 2.75) is 32.9 Å². The van der Waals surface area contributed by atoms with Crippen LogP contribution in [0.4, 0.5) is 13.2 Å². The van der Waals surface area contributed by atoms with E-state index in [1.54, 1.807) is 6.26 Å². The zero-order chi connectivity index (χ0) is 17.9. The number of hydrogen-bond acceptors (Lipinski definition) is 3. The maximum Gasteiger partial charge on any atom is 0.416 e. The first-order valence-corrected chi connectivity index (χ1v) is 9.38. The third kappa shape index (κ3) is 10.3. The van der Waals surface area contributed by atoms with Crippen LogP contribution in [0.1, 0.15) is 32.3 Å². The third-order valence-electron chi connectivity index (χ3n) is 3.17. The summed E-state index contributed by atoms with van der Waals surface area (Å²) in [5.74, 6) is 1.51. The van der Waals surface area contributed by atoms with Crippen LogP contribution < -0.4 is 5.32 Å². The highest BCUT2D eigenvalue weighted by Gasteiger charge is 2.29. The fourth-order valence-corrected chi connectivity index (χ4v) is 2.61. The molecule has 1 fully saturated rings. The van der Waals surface area contributed by atoms with Crippen LogP contribution in [-0.4, -0.2) is 34.4 Å². The minimum atomic E-state index is -4.33. The molecule has 0 aromatic heterocycles. The molecule has 1 saturated heterocycles. The molecule has 23 heavy (non-hydrogen) atoms. The molecule has 1 heterocycles. The van der Waals surface area contributed by atoms with Crippen LogP contribution in [0, 0.1) is 5.92 Å². The van der Waals surface area contributed by atoms with Gasteiger partial charge in [-0.05, 0) is 56.1 Å². The van der Waals surface area contributed by atoms with Gasteiger partial charge >= 0.3 is 6.18 Å². The second-order valence-corrected chi connectivity index (χ2v) is 6.52. The van der Waals surface area contributed by atoms with E-state index in [1.165, 1.54) is 6.42 Å². The molecule has 0 bridgehead atoms. The Morgan fingerprint density at radius 3 is 2.22 bits per heavy atom. The molecule has 2 rings (SSSR count). The van der Waals surface area contributed by atoms with Gasteiger partial charge in [0.2, 0.25) is 0 Å². The van der Waals surface area contributed by atoms with Crippen LogP contribution in [0.15, 0.2) is 24.3 Å². The zero-order valence-corrected chi connectivity index (χ0v) is 14.6. The smallest absolute Gasteiger partial charge is 0.416 e. The fraction of sp³-hybridized carbons (Fsp3) is 0.625. The molecule has 1 aliphatic rings.